The van der Waals surface area contributed by atoms with Crippen molar-refractivity contribution in [2.45, 2.75) is 345 Å². The number of hydrogen-bond acceptors (Lipinski definition) is 39. The van der Waals surface area contributed by atoms with Gasteiger partial charge in [-0.1, -0.05) is 58.2 Å². The normalized spacial score (nSPS) is 40.1. The quantitative estimate of drug-likeness (QED) is 0.0460. The summed E-state index contributed by atoms with van der Waals surface area (Å²) in [6.45, 7) is 3.06. The average Bonchev–Trinajstić information content (AvgIpc) is 0.899. The summed E-state index contributed by atoms with van der Waals surface area (Å²) in [7, 11) is 0. The van der Waals surface area contributed by atoms with Crippen LogP contribution in [0.15, 0.2) is 18.2 Å². The zero-order chi connectivity index (χ0) is 93.6. The molecule has 22 aliphatic heterocycles. The highest BCUT2D eigenvalue weighted by atomic mass is 19.4. The number of hydrogen-bond donors (Lipinski definition) is 24. The molecular formula is C79H122F3N9O37. The number of nitrogens with one attached hydrogen (secondary N) is 4. The van der Waals surface area contributed by atoms with Crippen molar-refractivity contribution in [3.8, 4) is 0 Å². The molecule has 2 aromatic rings. The Morgan fingerprint density at radius 2 is 0.977 bits per heavy atom. The Hall–Kier alpha value is -6.27. The summed E-state index contributed by atoms with van der Waals surface area (Å²) in [5, 5.41) is 221. The van der Waals surface area contributed by atoms with E-state index in [0.29, 0.717) is 56.3 Å². The van der Waals surface area contributed by atoms with Gasteiger partial charge in [-0.25, -0.2) is 9.48 Å². The summed E-state index contributed by atoms with van der Waals surface area (Å²) in [5.41, 5.74) is 14.8. The van der Waals surface area contributed by atoms with E-state index in [2.05, 4.69) is 38.5 Å². The zero-order valence-electron chi connectivity index (χ0n) is 70.8. The molecule has 1 aromatic heterocycles. The van der Waals surface area contributed by atoms with Crippen molar-refractivity contribution >= 4 is 41.2 Å². The number of nitrogens with two attached hydrogens (primary N) is 2. The van der Waals surface area contributed by atoms with E-state index in [9.17, 15) is 124 Å². The first-order chi connectivity index (χ1) is 60.5. The molecule has 0 spiro atoms. The highest BCUT2D eigenvalue weighted by molar-refractivity contribution is 5.98. The Kier molecular flexibility index (Phi) is 35.0. The number of aliphatic hydroxyl groups is 17. The number of carbonyl (C=O) groups excluding carboxylic acids is 5. The first-order valence-electron chi connectivity index (χ1n) is 42.8. The lowest BCUT2D eigenvalue weighted by atomic mass is 9.49. The summed E-state index contributed by atoms with van der Waals surface area (Å²) in [4.78, 5) is 76.1. The molecule has 22 saturated heterocycles. The fraction of sp³-hybridized carbons (Fsp3) is 0.823. The first kappa shape index (κ1) is 102. The standard InChI is InChI=1S/C77H121N9O35.C2HF3O2/c1-30(2)46(68(107)81-31(3)66(105)82-33-17-15-32-16-18-44-76(4,34(32)22-33)19-11-20-77(44,5)75(79)108)83-67(106)35(78)12-9-10-21-80-45(92)29-109-37-14-8-6-7-13-36-47(37)84-85-86(36)23-38-60-48(93)54(99)69(110-38)117-61-39(24-87)112-71(56(101)50(61)95)119-63-41(26-89)114-73(58(103)52(63)97)121-65-43(28-91)115-74(59(104)53(65)98)120-64-42(27-90)113-72(57(102)51(64)96)118-62-40(25-88)111-70(116-60)55(100)49(62)94;3-2(4,5)1(6)7/h15,17,22,30-31,35,37-44,46,48-65,69-74,87-91,93-104H,6-14,16,18-21,23-29,78H2,1-5H3,(H2,79,108)(H,80,92)(H,81,107)(H,82,105)(H,83,106);(H,6,7)/t31-,35+,37?,38?,39?,40?,41?,42?,43?,44?,46-,48?,49?,50?,51?,52?,53?,54?,55?,56?,57?,58?,59?,60?,61?,62?,63?,64?,65?,69?,70?,71?,72?,73?,74?,76?,77?;/m0./s1. The number of rotatable bonds is 23. The van der Waals surface area contributed by atoms with Gasteiger partial charge in [0.1, 0.15) is 177 Å². The van der Waals surface area contributed by atoms with Crippen LogP contribution in [0.1, 0.15) is 134 Å². The van der Waals surface area contributed by atoms with Crippen LogP contribution in [0.4, 0.5) is 18.9 Å². The van der Waals surface area contributed by atoms with Gasteiger partial charge in [0.25, 0.3) is 0 Å². The maximum absolute atomic E-state index is 13.7. The lowest BCUT2D eigenvalue weighted by Gasteiger charge is -2.54. The van der Waals surface area contributed by atoms with Crippen LogP contribution in [0.3, 0.4) is 0 Å². The number of amides is 5. The third-order valence-corrected chi connectivity index (χ3v) is 25.8. The van der Waals surface area contributed by atoms with Crippen molar-refractivity contribution < 1.29 is 195 Å². The van der Waals surface area contributed by atoms with Gasteiger partial charge in [-0.3, -0.25) is 24.0 Å². The molecule has 1 aromatic carbocycles. The second-order valence-electron chi connectivity index (χ2n) is 34.9. The first-order valence-corrected chi connectivity index (χ1v) is 42.8. The molecule has 3 aliphatic carbocycles. The second-order valence-corrected chi connectivity index (χ2v) is 34.9. The third-order valence-electron chi connectivity index (χ3n) is 25.8. The molecule has 27 rings (SSSR count). The van der Waals surface area contributed by atoms with E-state index in [0.717, 1.165) is 36.8 Å². The SMILES string of the molecule is CC(C)[C@H](NC(=O)[C@H](N)CCCCNC(=O)COC1CCCCCc2c1nnn2CC1OC2OC3C(CO)OC(OC4C(CO)OC(OC5C(CO)OC(OC6C(CO)OC(OC7C(CO)OC(OC1C(O)C2O)C(O)C7O)C(O)C6O)C(O)C5O)C(O)C4O)C(O)C3O)C(=O)N[C@@H](C)C(=O)Nc1ccc2c(c1)C1(C)CCCC(C)(C(N)=O)C1CC2.O=C(O)C(F)(F)F. The Labute approximate surface area is 730 Å². The van der Waals surface area contributed by atoms with Gasteiger partial charge in [-0.2, -0.15) is 13.2 Å². The summed E-state index contributed by atoms with van der Waals surface area (Å²) in [5.74, 6) is -5.65. The van der Waals surface area contributed by atoms with Gasteiger partial charge >= 0.3 is 12.1 Å². The molecule has 37 atom stereocenters. The lowest BCUT2D eigenvalue weighted by molar-refractivity contribution is -0.403. The topological polar surface area (TPSA) is 717 Å². The van der Waals surface area contributed by atoms with Crippen LogP contribution < -0.4 is 32.7 Å². The number of anilines is 1. The van der Waals surface area contributed by atoms with E-state index < -0.39 is 302 Å². The van der Waals surface area contributed by atoms with E-state index in [-0.39, 0.29) is 42.3 Å². The van der Waals surface area contributed by atoms with Crippen molar-refractivity contribution in [1.29, 1.82) is 0 Å². The van der Waals surface area contributed by atoms with Crippen LogP contribution >= 0.6 is 0 Å². The molecule has 0 radical (unpaired) electrons. The van der Waals surface area contributed by atoms with Crippen molar-refractivity contribution in [3.05, 3.63) is 40.7 Å². The molecule has 26 N–H and O–H groups in total. The molecule has 23 fully saturated rings. The molecule has 34 unspecified atom stereocenters. The Balaban J connectivity index is 0.00000217. The zero-order valence-corrected chi connectivity index (χ0v) is 70.8. The molecule has 46 nitrogen and oxygen atoms in total. The van der Waals surface area contributed by atoms with Crippen molar-refractivity contribution in [3.63, 3.8) is 0 Å². The lowest BCUT2D eigenvalue weighted by Crippen LogP contribution is -2.69. The molecule has 1 saturated carbocycles. The van der Waals surface area contributed by atoms with Crippen molar-refractivity contribution in [2.24, 2.45) is 28.7 Å². The number of nitrogens with zero attached hydrogens (tertiary/aromatic N) is 3. The molecule has 23 heterocycles. The molecular weight excluding hydrogens is 1720 g/mol. The molecule has 12 bridgehead atoms. The maximum atomic E-state index is 13.7. The number of benzene rings is 1. The van der Waals surface area contributed by atoms with E-state index in [1.807, 2.05) is 25.1 Å². The number of carboxylic acid groups (broad SMARTS) is 1. The number of aliphatic carboxylic acids is 1. The second kappa shape index (κ2) is 43.8. The Morgan fingerprint density at radius 3 is 1.39 bits per heavy atom. The van der Waals surface area contributed by atoms with E-state index in [1.165, 1.54) is 11.6 Å². The van der Waals surface area contributed by atoms with Gasteiger partial charge in [-0.15, -0.1) is 5.10 Å². The van der Waals surface area contributed by atoms with Crippen LogP contribution in [0.5, 0.6) is 0 Å². The number of alkyl halides is 3. The fourth-order valence-electron chi connectivity index (χ4n) is 18.5. The summed E-state index contributed by atoms with van der Waals surface area (Å²) in [6.07, 6.45) is -59.3. The smallest absolute Gasteiger partial charge is 0.475 e. The minimum absolute atomic E-state index is 0.0303. The minimum atomic E-state index is -5.08. The highest BCUT2D eigenvalue weighted by Gasteiger charge is 2.61. The van der Waals surface area contributed by atoms with Gasteiger partial charge in [0, 0.05) is 17.6 Å². The summed E-state index contributed by atoms with van der Waals surface area (Å²) < 4.78 is 111. The van der Waals surface area contributed by atoms with Gasteiger partial charge < -0.3 is 186 Å². The molecule has 49 heteroatoms. The number of aliphatic hydroxyl groups excluding tert-OH is 17. The Bertz CT molecular complexity index is 4010. The predicted octanol–water partition coefficient (Wildman–Crippen LogP) is -8.55. The number of ether oxygens (including phenoxy) is 13. The van der Waals surface area contributed by atoms with E-state index in [4.69, 9.17) is 82.9 Å². The maximum Gasteiger partial charge on any atom is 0.490 e. The van der Waals surface area contributed by atoms with E-state index in [1.54, 1.807) is 13.8 Å². The Morgan fingerprint density at radius 1 is 0.547 bits per heavy atom. The molecule has 5 amide bonds. The molecule has 25 aliphatic rings. The average molecular weight is 1850 g/mol. The minimum Gasteiger partial charge on any atom is -0.475 e. The molecule has 726 valence electrons. The summed E-state index contributed by atoms with van der Waals surface area (Å²) >= 11 is 0. The number of halogens is 3. The fourth-order valence-corrected chi connectivity index (χ4v) is 18.5. The van der Waals surface area contributed by atoms with Gasteiger partial charge in [0.05, 0.1) is 51.3 Å². The largest absolute Gasteiger partial charge is 0.490 e. The number of carbonyl (C=O) groups is 6. The van der Waals surface area contributed by atoms with Crippen LogP contribution in [-0.2, 0) is 115 Å². The number of aryl methyl sites for hydroxylation is 1. The van der Waals surface area contributed by atoms with Crippen molar-refractivity contribution in [2.75, 3.05) is 51.5 Å². The monoisotopic (exact) mass is 1850 g/mol. The van der Waals surface area contributed by atoms with Gasteiger partial charge in [0.15, 0.2) is 37.7 Å². The highest BCUT2D eigenvalue weighted by Crippen LogP contribution is 2.58. The van der Waals surface area contributed by atoms with Crippen LogP contribution in [0.2, 0.25) is 0 Å². The number of fused-ring (bicyclic) bond motifs is 4. The van der Waals surface area contributed by atoms with Crippen LogP contribution in [-0.4, -0.2) is 397 Å². The third kappa shape index (κ3) is 22.5. The summed E-state index contributed by atoms with van der Waals surface area (Å²) in [6, 6.07) is 2.64. The number of primary amides is 1. The van der Waals surface area contributed by atoms with E-state index >= 15 is 0 Å². The predicted molar refractivity (Wildman–Crippen MR) is 418 cm³/mol. The van der Waals surface area contributed by atoms with Crippen LogP contribution in [0.25, 0.3) is 0 Å². The van der Waals surface area contributed by atoms with Crippen LogP contribution in [0, 0.1) is 17.3 Å². The van der Waals surface area contributed by atoms with Gasteiger partial charge in [0.2, 0.25) is 29.5 Å². The van der Waals surface area contributed by atoms with Crippen molar-refractivity contribution in [1.82, 2.24) is 30.9 Å². The number of unbranched alkanes of at least 4 members (excludes halogenated alkanes) is 1. The number of aromatic nitrogens is 3. The van der Waals surface area contributed by atoms with Gasteiger partial charge in [-0.05, 0) is 112 Å². The molecule has 128 heavy (non-hydrogen) atoms. The number of carboxylic acids is 1.